The largest absolute Gasteiger partial charge is 0.492 e. The third kappa shape index (κ3) is 5.28. The Bertz CT molecular complexity index is 1500. The molecule has 2 amide bonds. The van der Waals surface area contributed by atoms with Gasteiger partial charge in [0.25, 0.3) is 5.56 Å². The first-order chi connectivity index (χ1) is 17.6. The number of benzene rings is 3. The van der Waals surface area contributed by atoms with Crippen LogP contribution in [-0.4, -0.2) is 34.1 Å². The predicted molar refractivity (Wildman–Crippen MR) is 135 cm³/mol. The number of rotatable bonds is 6. The minimum Gasteiger partial charge on any atom is -0.492 e. The fourth-order valence-electron chi connectivity index (χ4n) is 3.92. The Morgan fingerprint density at radius 3 is 2.51 bits per heavy atom. The number of para-hydroxylation sites is 3. The molecule has 1 unspecified atom stereocenters. The van der Waals surface area contributed by atoms with E-state index in [4.69, 9.17) is 9.72 Å². The van der Waals surface area contributed by atoms with Gasteiger partial charge in [-0.2, -0.15) is 13.2 Å². The second kappa shape index (κ2) is 10.3. The maximum atomic E-state index is 13.7. The molecule has 0 aliphatic carbocycles. The zero-order valence-corrected chi connectivity index (χ0v) is 20.4. The molecule has 4 aromatic rings. The van der Waals surface area contributed by atoms with Gasteiger partial charge in [-0.15, -0.1) is 0 Å². The predicted octanol–water partition coefficient (Wildman–Crippen LogP) is 6.03. The van der Waals surface area contributed by atoms with Crippen LogP contribution < -0.4 is 15.6 Å². The van der Waals surface area contributed by atoms with Gasteiger partial charge < -0.3 is 15.0 Å². The minimum atomic E-state index is -4.54. The number of fused-ring (bicyclic) bond motifs is 1. The fraction of sp³-hybridized carbons (Fsp3) is 0.222. The van der Waals surface area contributed by atoms with Crippen LogP contribution in [0, 0.1) is 0 Å². The van der Waals surface area contributed by atoms with Crippen LogP contribution in [0.2, 0.25) is 0 Å². The molecule has 1 aromatic heterocycles. The number of nitrogens with zero attached hydrogens (tertiary/aromatic N) is 3. The quantitative estimate of drug-likeness (QED) is 0.344. The van der Waals surface area contributed by atoms with Crippen molar-refractivity contribution in [2.45, 2.75) is 26.1 Å². The lowest BCUT2D eigenvalue weighted by Crippen LogP contribution is -2.37. The molecule has 0 saturated heterocycles. The molecule has 0 fully saturated rings. The van der Waals surface area contributed by atoms with Crippen LogP contribution in [-0.2, 0) is 6.18 Å². The normalized spacial score (nSPS) is 12.3. The summed E-state index contributed by atoms with van der Waals surface area (Å²) >= 11 is 0. The van der Waals surface area contributed by atoms with E-state index in [-0.39, 0.29) is 17.1 Å². The summed E-state index contributed by atoms with van der Waals surface area (Å²) in [5.41, 5.74) is -0.318. The third-order valence-corrected chi connectivity index (χ3v) is 5.92. The monoisotopic (exact) mass is 510 g/mol. The maximum Gasteiger partial charge on any atom is 0.416 e. The minimum absolute atomic E-state index is 0.00979. The van der Waals surface area contributed by atoms with Crippen molar-refractivity contribution in [1.29, 1.82) is 0 Å². The molecule has 1 atom stereocenters. The van der Waals surface area contributed by atoms with E-state index in [1.165, 1.54) is 28.6 Å². The fourth-order valence-corrected chi connectivity index (χ4v) is 3.92. The van der Waals surface area contributed by atoms with Crippen molar-refractivity contribution >= 4 is 22.6 Å². The molecule has 37 heavy (non-hydrogen) atoms. The third-order valence-electron chi connectivity index (χ3n) is 5.92. The summed E-state index contributed by atoms with van der Waals surface area (Å²) in [6.07, 6.45) is -4.54. The van der Waals surface area contributed by atoms with Gasteiger partial charge in [-0.05, 0) is 56.3 Å². The molecule has 1 N–H and O–H groups in total. The SMILES string of the molecule is CCOc1ccccc1-n1c(C(C)N(C)C(=O)Nc2cccc(C(F)(F)F)c2)nc2ccccc2c1=O. The number of hydrogen-bond acceptors (Lipinski definition) is 4. The highest BCUT2D eigenvalue weighted by Crippen LogP contribution is 2.31. The Balaban J connectivity index is 1.77. The molecule has 0 saturated carbocycles. The average molecular weight is 511 g/mol. The topological polar surface area (TPSA) is 76.5 Å². The maximum absolute atomic E-state index is 13.7. The molecular weight excluding hydrogens is 485 g/mol. The van der Waals surface area contributed by atoms with E-state index >= 15 is 0 Å². The first-order valence-electron chi connectivity index (χ1n) is 11.6. The van der Waals surface area contributed by atoms with Gasteiger partial charge in [0, 0.05) is 12.7 Å². The lowest BCUT2D eigenvalue weighted by Gasteiger charge is -2.27. The number of halogens is 3. The standard InChI is InChI=1S/C27H25F3N4O3/c1-4-37-23-15-8-7-14-22(23)34-24(32-21-13-6-5-12-20(21)25(34)35)17(2)33(3)26(36)31-19-11-9-10-18(16-19)27(28,29)30/h5-17H,4H2,1-3H3,(H,31,36). The molecule has 7 nitrogen and oxygen atoms in total. The van der Waals surface area contributed by atoms with Gasteiger partial charge in [-0.25, -0.2) is 9.78 Å². The smallest absolute Gasteiger partial charge is 0.416 e. The van der Waals surface area contributed by atoms with Gasteiger partial charge >= 0.3 is 12.2 Å². The Hall–Kier alpha value is -4.34. The van der Waals surface area contributed by atoms with Crippen LogP contribution in [0.1, 0.15) is 31.3 Å². The van der Waals surface area contributed by atoms with Crippen LogP contribution in [0.4, 0.5) is 23.7 Å². The first kappa shape index (κ1) is 25.7. The summed E-state index contributed by atoms with van der Waals surface area (Å²) < 4.78 is 46.4. The van der Waals surface area contributed by atoms with E-state index in [2.05, 4.69) is 5.32 Å². The summed E-state index contributed by atoms with van der Waals surface area (Å²) in [6, 6.07) is 16.8. The summed E-state index contributed by atoms with van der Waals surface area (Å²) in [7, 11) is 1.48. The number of urea groups is 1. The van der Waals surface area contributed by atoms with Crippen molar-refractivity contribution in [3.63, 3.8) is 0 Å². The Kier molecular flexibility index (Phi) is 7.19. The van der Waals surface area contributed by atoms with Crippen LogP contribution in [0.3, 0.4) is 0 Å². The molecule has 10 heteroatoms. The lowest BCUT2D eigenvalue weighted by molar-refractivity contribution is -0.137. The molecule has 192 valence electrons. The van der Waals surface area contributed by atoms with Crippen molar-refractivity contribution in [3.05, 3.63) is 94.5 Å². The first-order valence-corrected chi connectivity index (χ1v) is 11.6. The summed E-state index contributed by atoms with van der Waals surface area (Å²) in [5.74, 6) is 0.728. The second-order valence-corrected chi connectivity index (χ2v) is 8.32. The average Bonchev–Trinajstić information content (AvgIpc) is 2.88. The number of carbonyl (C=O) groups is 1. The van der Waals surface area contributed by atoms with E-state index in [0.717, 1.165) is 12.1 Å². The van der Waals surface area contributed by atoms with E-state index in [0.29, 0.717) is 28.9 Å². The summed E-state index contributed by atoms with van der Waals surface area (Å²) in [5, 5.41) is 2.88. The molecule has 3 aromatic carbocycles. The van der Waals surface area contributed by atoms with Crippen molar-refractivity contribution < 1.29 is 22.7 Å². The van der Waals surface area contributed by atoms with Crippen LogP contribution in [0.15, 0.2) is 77.6 Å². The highest BCUT2D eigenvalue weighted by molar-refractivity contribution is 5.89. The molecule has 4 rings (SSSR count). The van der Waals surface area contributed by atoms with E-state index in [1.807, 2.05) is 6.92 Å². The molecule has 0 aliphatic rings. The van der Waals surface area contributed by atoms with Crippen LogP contribution >= 0.6 is 0 Å². The number of hydrogen-bond donors (Lipinski definition) is 1. The van der Waals surface area contributed by atoms with Gasteiger partial charge in [0.15, 0.2) is 0 Å². The van der Waals surface area contributed by atoms with Gasteiger partial charge in [0.2, 0.25) is 0 Å². The Morgan fingerprint density at radius 1 is 1.08 bits per heavy atom. The molecule has 0 bridgehead atoms. The van der Waals surface area contributed by atoms with Crippen molar-refractivity contribution in [2.24, 2.45) is 0 Å². The Labute approximate surface area is 211 Å². The molecule has 1 heterocycles. The number of amides is 2. The van der Waals surface area contributed by atoms with Crippen LogP contribution in [0.25, 0.3) is 16.6 Å². The van der Waals surface area contributed by atoms with Gasteiger partial charge in [0.05, 0.1) is 34.8 Å². The molecule has 0 spiro atoms. The zero-order valence-electron chi connectivity index (χ0n) is 20.4. The van der Waals surface area contributed by atoms with E-state index in [1.54, 1.807) is 55.5 Å². The van der Waals surface area contributed by atoms with E-state index < -0.39 is 23.8 Å². The Morgan fingerprint density at radius 2 is 1.78 bits per heavy atom. The van der Waals surface area contributed by atoms with Crippen molar-refractivity contribution in [1.82, 2.24) is 14.5 Å². The lowest BCUT2D eigenvalue weighted by atomic mass is 10.2. The second-order valence-electron chi connectivity index (χ2n) is 8.32. The summed E-state index contributed by atoms with van der Waals surface area (Å²) in [6.45, 7) is 3.88. The number of anilines is 1. The van der Waals surface area contributed by atoms with Gasteiger partial charge in [-0.1, -0.05) is 30.3 Å². The summed E-state index contributed by atoms with van der Waals surface area (Å²) in [4.78, 5) is 32.7. The van der Waals surface area contributed by atoms with E-state index in [9.17, 15) is 22.8 Å². The molecule has 0 aliphatic heterocycles. The van der Waals surface area contributed by atoms with Gasteiger partial charge in [-0.3, -0.25) is 9.36 Å². The number of nitrogens with one attached hydrogen (secondary N) is 1. The highest BCUT2D eigenvalue weighted by Gasteiger charge is 2.31. The number of aromatic nitrogens is 2. The zero-order chi connectivity index (χ0) is 26.7. The molecule has 0 radical (unpaired) electrons. The number of alkyl halides is 3. The van der Waals surface area contributed by atoms with Crippen molar-refractivity contribution in [3.8, 4) is 11.4 Å². The van der Waals surface area contributed by atoms with Crippen LogP contribution in [0.5, 0.6) is 5.75 Å². The number of ether oxygens (including phenoxy) is 1. The van der Waals surface area contributed by atoms with Crippen molar-refractivity contribution in [2.75, 3.05) is 19.0 Å². The number of carbonyl (C=O) groups excluding carboxylic acids is 1. The molecular formula is C27H25F3N4O3. The van der Waals surface area contributed by atoms with Gasteiger partial charge in [0.1, 0.15) is 11.6 Å². The highest BCUT2D eigenvalue weighted by atomic mass is 19.4.